The van der Waals surface area contributed by atoms with E-state index in [1.54, 1.807) is 12.1 Å². The van der Waals surface area contributed by atoms with Crippen LogP contribution in [0.5, 0.6) is 0 Å². The zero-order chi connectivity index (χ0) is 15.5. The normalized spacial score (nSPS) is 11.0. The third-order valence-electron chi connectivity index (χ3n) is 2.90. The molecule has 21 heavy (non-hydrogen) atoms. The minimum absolute atomic E-state index is 0.128. The molecular weight excluding hydrogens is 266 g/mol. The Morgan fingerprint density at radius 3 is 2.38 bits per heavy atom. The third-order valence-corrected chi connectivity index (χ3v) is 2.90. The van der Waals surface area contributed by atoms with Gasteiger partial charge in [0.15, 0.2) is 0 Å². The minimum atomic E-state index is -0.242. The van der Waals surface area contributed by atoms with E-state index in [-0.39, 0.29) is 24.7 Å². The number of benzene rings is 1. The lowest BCUT2D eigenvalue weighted by molar-refractivity contribution is -0.124. The molecule has 2 N–H and O–H groups in total. The maximum atomic E-state index is 11.7. The quantitative estimate of drug-likeness (QED) is 0.570. The maximum Gasteiger partial charge on any atom is 0.240 e. The van der Waals surface area contributed by atoms with Gasteiger partial charge in [0.25, 0.3) is 0 Å². The van der Waals surface area contributed by atoms with Crippen LogP contribution in [0.2, 0.25) is 0 Å². The number of hydrazone groups is 1. The molecule has 0 saturated carbocycles. The molecule has 5 nitrogen and oxygen atoms in total. The van der Waals surface area contributed by atoms with Gasteiger partial charge in [-0.15, -0.1) is 0 Å². The summed E-state index contributed by atoms with van der Waals surface area (Å²) in [6.07, 6.45) is 3.31. The SMILES string of the molecule is CCCC/C(C)=N\NC(=O)CCC(=O)Nc1ccccc1. The van der Waals surface area contributed by atoms with E-state index in [1.165, 1.54) is 0 Å². The van der Waals surface area contributed by atoms with Crippen molar-refractivity contribution < 1.29 is 9.59 Å². The molecule has 0 atom stereocenters. The van der Waals surface area contributed by atoms with Crippen molar-refractivity contribution in [3.05, 3.63) is 30.3 Å². The smallest absolute Gasteiger partial charge is 0.240 e. The van der Waals surface area contributed by atoms with E-state index in [4.69, 9.17) is 0 Å². The Morgan fingerprint density at radius 1 is 1.05 bits per heavy atom. The molecule has 1 rings (SSSR count). The van der Waals surface area contributed by atoms with Crippen molar-refractivity contribution in [1.29, 1.82) is 0 Å². The van der Waals surface area contributed by atoms with Crippen LogP contribution in [0.4, 0.5) is 5.69 Å². The molecule has 0 bridgehead atoms. The lowest BCUT2D eigenvalue weighted by atomic mass is 10.2. The Bertz CT molecular complexity index is 484. The number of hydrogen-bond acceptors (Lipinski definition) is 3. The second kappa shape index (κ2) is 9.69. The van der Waals surface area contributed by atoms with Crippen molar-refractivity contribution in [2.45, 2.75) is 46.0 Å². The number of carbonyl (C=O) groups is 2. The Morgan fingerprint density at radius 2 is 1.71 bits per heavy atom. The number of anilines is 1. The molecule has 114 valence electrons. The van der Waals surface area contributed by atoms with Crippen LogP contribution in [0.25, 0.3) is 0 Å². The number of carbonyl (C=O) groups excluding carboxylic acids is 2. The van der Waals surface area contributed by atoms with Crippen LogP contribution < -0.4 is 10.7 Å². The summed E-state index contributed by atoms with van der Waals surface area (Å²) >= 11 is 0. The van der Waals surface area contributed by atoms with Crippen molar-refractivity contribution in [1.82, 2.24) is 5.43 Å². The number of nitrogens with one attached hydrogen (secondary N) is 2. The molecule has 0 aliphatic carbocycles. The summed E-state index contributed by atoms with van der Waals surface area (Å²) in [6, 6.07) is 9.17. The molecule has 2 amide bonds. The summed E-state index contributed by atoms with van der Waals surface area (Å²) in [5.74, 6) is -0.419. The number of hydrogen-bond donors (Lipinski definition) is 2. The van der Waals surface area contributed by atoms with Crippen LogP contribution in [0.3, 0.4) is 0 Å². The third kappa shape index (κ3) is 7.87. The molecule has 5 heteroatoms. The molecule has 1 aromatic carbocycles. The number of rotatable bonds is 8. The highest BCUT2D eigenvalue weighted by Gasteiger charge is 2.06. The van der Waals surface area contributed by atoms with E-state index in [0.717, 1.165) is 30.7 Å². The largest absolute Gasteiger partial charge is 0.326 e. The van der Waals surface area contributed by atoms with Gasteiger partial charge in [0.05, 0.1) is 0 Å². The second-order valence-corrected chi connectivity index (χ2v) is 4.90. The van der Waals surface area contributed by atoms with Crippen molar-refractivity contribution in [3.63, 3.8) is 0 Å². The van der Waals surface area contributed by atoms with Gasteiger partial charge in [0.1, 0.15) is 0 Å². The molecule has 0 saturated heterocycles. The van der Waals surface area contributed by atoms with Gasteiger partial charge >= 0.3 is 0 Å². The van der Waals surface area contributed by atoms with Gasteiger partial charge in [0, 0.05) is 24.2 Å². The number of amides is 2. The van der Waals surface area contributed by atoms with Crippen LogP contribution in [-0.4, -0.2) is 17.5 Å². The summed E-state index contributed by atoms with van der Waals surface area (Å²) in [5.41, 5.74) is 4.11. The predicted molar refractivity (Wildman–Crippen MR) is 85.1 cm³/mol. The lowest BCUT2D eigenvalue weighted by Crippen LogP contribution is -2.21. The summed E-state index contributed by atoms with van der Waals surface area (Å²) in [4.78, 5) is 23.2. The fourth-order valence-corrected chi connectivity index (χ4v) is 1.67. The summed E-state index contributed by atoms with van der Waals surface area (Å²) in [7, 11) is 0. The van der Waals surface area contributed by atoms with Gasteiger partial charge in [0.2, 0.25) is 11.8 Å². The Balaban J connectivity index is 2.25. The number of para-hydroxylation sites is 1. The van der Waals surface area contributed by atoms with Crippen LogP contribution in [0.15, 0.2) is 35.4 Å². The average Bonchev–Trinajstić information content (AvgIpc) is 2.49. The van der Waals surface area contributed by atoms with Gasteiger partial charge < -0.3 is 5.32 Å². The van der Waals surface area contributed by atoms with Crippen molar-refractivity contribution in [2.75, 3.05) is 5.32 Å². The van der Waals surface area contributed by atoms with Gasteiger partial charge in [-0.3, -0.25) is 9.59 Å². The second-order valence-electron chi connectivity index (χ2n) is 4.90. The molecule has 0 aromatic heterocycles. The van der Waals surface area contributed by atoms with E-state index in [1.807, 2.05) is 25.1 Å². The molecule has 0 aliphatic rings. The minimum Gasteiger partial charge on any atom is -0.326 e. The van der Waals surface area contributed by atoms with Crippen molar-refractivity contribution >= 4 is 23.2 Å². The molecule has 1 aromatic rings. The Kier molecular flexibility index (Phi) is 7.79. The first-order chi connectivity index (χ1) is 10.1. The maximum absolute atomic E-state index is 11.7. The first-order valence-corrected chi connectivity index (χ1v) is 7.28. The summed E-state index contributed by atoms with van der Waals surface area (Å²) in [5, 5.41) is 6.74. The zero-order valence-electron chi connectivity index (χ0n) is 12.7. The zero-order valence-corrected chi connectivity index (χ0v) is 12.7. The van der Waals surface area contributed by atoms with Crippen LogP contribution in [0, 0.1) is 0 Å². The molecule has 0 unspecified atom stereocenters. The van der Waals surface area contributed by atoms with Gasteiger partial charge in [-0.25, -0.2) is 5.43 Å². The number of unbranched alkanes of at least 4 members (excludes halogenated alkanes) is 1. The lowest BCUT2D eigenvalue weighted by Gasteiger charge is -2.05. The van der Waals surface area contributed by atoms with E-state index in [9.17, 15) is 9.59 Å². The molecule has 0 fully saturated rings. The van der Waals surface area contributed by atoms with E-state index >= 15 is 0 Å². The highest BCUT2D eigenvalue weighted by atomic mass is 16.2. The van der Waals surface area contributed by atoms with Crippen molar-refractivity contribution in [3.8, 4) is 0 Å². The van der Waals surface area contributed by atoms with E-state index < -0.39 is 0 Å². The fourth-order valence-electron chi connectivity index (χ4n) is 1.67. The van der Waals surface area contributed by atoms with Gasteiger partial charge in [-0.05, 0) is 31.9 Å². The molecular formula is C16H23N3O2. The average molecular weight is 289 g/mol. The Labute approximate surface area is 125 Å². The van der Waals surface area contributed by atoms with Gasteiger partial charge in [-0.2, -0.15) is 5.10 Å². The monoisotopic (exact) mass is 289 g/mol. The standard InChI is InChI=1S/C16H23N3O2/c1-3-4-8-13(2)18-19-16(21)12-11-15(20)17-14-9-6-5-7-10-14/h5-7,9-10H,3-4,8,11-12H2,1-2H3,(H,17,20)(H,19,21)/b18-13-. The molecule has 0 aliphatic heterocycles. The number of nitrogens with zero attached hydrogens (tertiary/aromatic N) is 1. The van der Waals surface area contributed by atoms with Crippen LogP contribution in [-0.2, 0) is 9.59 Å². The Hall–Kier alpha value is -2.17. The summed E-state index contributed by atoms with van der Waals surface area (Å²) < 4.78 is 0. The first kappa shape index (κ1) is 16.9. The fraction of sp³-hybridized carbons (Fsp3) is 0.438. The van der Waals surface area contributed by atoms with E-state index in [2.05, 4.69) is 22.8 Å². The highest BCUT2D eigenvalue weighted by molar-refractivity contribution is 5.93. The predicted octanol–water partition coefficient (Wildman–Crippen LogP) is 3.09. The highest BCUT2D eigenvalue weighted by Crippen LogP contribution is 2.06. The topological polar surface area (TPSA) is 70.6 Å². The molecule has 0 radical (unpaired) electrons. The van der Waals surface area contributed by atoms with Crippen LogP contribution >= 0.6 is 0 Å². The first-order valence-electron chi connectivity index (χ1n) is 7.28. The summed E-state index contributed by atoms with van der Waals surface area (Å²) in [6.45, 7) is 4.00. The molecule has 0 spiro atoms. The molecule has 0 heterocycles. The van der Waals surface area contributed by atoms with E-state index in [0.29, 0.717) is 0 Å². The van der Waals surface area contributed by atoms with Gasteiger partial charge in [-0.1, -0.05) is 31.5 Å². The van der Waals surface area contributed by atoms with Crippen LogP contribution in [0.1, 0.15) is 46.0 Å². The van der Waals surface area contributed by atoms with Crippen molar-refractivity contribution in [2.24, 2.45) is 5.10 Å².